The molecule has 216 valence electrons. The number of hydrogen-bond donors (Lipinski definition) is 3. The van der Waals surface area contributed by atoms with Crippen LogP contribution in [0.5, 0.6) is 0 Å². The molecule has 0 aliphatic carbocycles. The van der Waals surface area contributed by atoms with Gasteiger partial charge in [0.1, 0.15) is 0 Å². The van der Waals surface area contributed by atoms with Gasteiger partial charge in [-0.2, -0.15) is 0 Å². The van der Waals surface area contributed by atoms with Crippen molar-refractivity contribution in [3.8, 4) is 0 Å². The summed E-state index contributed by atoms with van der Waals surface area (Å²) in [5, 5.41) is 20.1. The molecule has 5 unspecified atom stereocenters. The highest BCUT2D eigenvalue weighted by molar-refractivity contribution is 5.87. The first-order valence-corrected chi connectivity index (χ1v) is 15.6. The topological polar surface area (TPSA) is 59.9 Å². The summed E-state index contributed by atoms with van der Waals surface area (Å²) >= 11 is 0. The summed E-state index contributed by atoms with van der Waals surface area (Å²) < 4.78 is 0. The largest absolute Gasteiger partial charge is 0.411 e. The number of piperidine rings is 2. The van der Waals surface area contributed by atoms with Crippen LogP contribution >= 0.6 is 0 Å². The standard InChI is InChI=1S/C17H26N2O.C17H28N2/c1-3-4-8-16-13-19(12-11-17(16)18-20)14(2)15-9-6-5-7-10-15;1-3-4-8-16-13-18-12-11-17(16)19-14(2)15-9-6-5-7-10-15/h5-7,9-10,14,16,20H,3-4,8,11-13H2,1-2H3;5-7,9-10,14,16-19H,3-4,8,11-13H2,1-2H3. The van der Waals surface area contributed by atoms with E-state index < -0.39 is 0 Å². The Labute approximate surface area is 238 Å². The number of nitrogens with zero attached hydrogens (tertiary/aromatic N) is 2. The molecule has 5 nitrogen and oxygen atoms in total. The third kappa shape index (κ3) is 10.0. The van der Waals surface area contributed by atoms with E-state index in [0.717, 1.165) is 44.1 Å². The maximum Gasteiger partial charge on any atom is 0.0627 e. The van der Waals surface area contributed by atoms with Crippen molar-refractivity contribution in [2.45, 2.75) is 97.2 Å². The van der Waals surface area contributed by atoms with Gasteiger partial charge in [0.05, 0.1) is 5.71 Å². The zero-order valence-corrected chi connectivity index (χ0v) is 25.0. The third-order valence-electron chi connectivity index (χ3n) is 8.75. The number of rotatable bonds is 11. The Kier molecular flexibility index (Phi) is 14.0. The van der Waals surface area contributed by atoms with Crippen molar-refractivity contribution < 1.29 is 5.21 Å². The summed E-state index contributed by atoms with van der Waals surface area (Å²) in [7, 11) is 0. The molecule has 0 bridgehead atoms. The van der Waals surface area contributed by atoms with Gasteiger partial charge in [0.25, 0.3) is 0 Å². The summed E-state index contributed by atoms with van der Waals surface area (Å²) in [6, 6.07) is 23.0. The highest BCUT2D eigenvalue weighted by Gasteiger charge is 2.29. The lowest BCUT2D eigenvalue weighted by molar-refractivity contribution is 0.174. The van der Waals surface area contributed by atoms with Crippen LogP contribution in [0.4, 0.5) is 0 Å². The number of nitrogens with one attached hydrogen (secondary N) is 2. The molecular formula is C34H54N4O. The smallest absolute Gasteiger partial charge is 0.0627 e. The van der Waals surface area contributed by atoms with E-state index in [4.69, 9.17) is 0 Å². The Hall–Kier alpha value is -2.21. The van der Waals surface area contributed by atoms with Crippen LogP contribution < -0.4 is 10.6 Å². The van der Waals surface area contributed by atoms with Crippen LogP contribution in [-0.2, 0) is 0 Å². The SMILES string of the molecule is CCCCC1CN(C(C)c2ccccc2)CCC1=NO.CCCCC1CNCCC1NC(C)c1ccccc1. The minimum atomic E-state index is 0.417. The molecule has 0 amide bonds. The molecule has 2 saturated heterocycles. The second-order valence-electron chi connectivity index (χ2n) is 11.6. The molecule has 2 aliphatic heterocycles. The molecular weight excluding hydrogens is 480 g/mol. The molecule has 2 heterocycles. The molecule has 39 heavy (non-hydrogen) atoms. The zero-order valence-electron chi connectivity index (χ0n) is 25.0. The molecule has 3 N–H and O–H groups in total. The summed E-state index contributed by atoms with van der Waals surface area (Å²) in [4.78, 5) is 2.52. The number of benzene rings is 2. The van der Waals surface area contributed by atoms with Crippen molar-refractivity contribution in [1.82, 2.24) is 15.5 Å². The highest BCUT2D eigenvalue weighted by atomic mass is 16.4. The average molecular weight is 535 g/mol. The van der Waals surface area contributed by atoms with Crippen LogP contribution in [0.25, 0.3) is 0 Å². The van der Waals surface area contributed by atoms with Gasteiger partial charge in [-0.1, -0.05) is 105 Å². The Balaban J connectivity index is 0.000000216. The van der Waals surface area contributed by atoms with Crippen molar-refractivity contribution in [3.63, 3.8) is 0 Å². The van der Waals surface area contributed by atoms with Crippen molar-refractivity contribution in [3.05, 3.63) is 71.8 Å². The van der Waals surface area contributed by atoms with Crippen molar-refractivity contribution >= 4 is 5.71 Å². The molecule has 0 saturated carbocycles. The van der Waals surface area contributed by atoms with E-state index in [2.05, 4.69) is 109 Å². The predicted molar refractivity (Wildman–Crippen MR) is 166 cm³/mol. The lowest BCUT2D eigenvalue weighted by atomic mass is 9.88. The van der Waals surface area contributed by atoms with Crippen LogP contribution in [0.3, 0.4) is 0 Å². The second kappa shape index (κ2) is 17.5. The van der Waals surface area contributed by atoms with Gasteiger partial charge >= 0.3 is 0 Å². The minimum absolute atomic E-state index is 0.417. The Bertz CT molecular complexity index is 935. The number of oxime groups is 1. The molecule has 4 rings (SSSR count). The average Bonchev–Trinajstić information content (AvgIpc) is 3.00. The van der Waals surface area contributed by atoms with E-state index in [9.17, 15) is 5.21 Å². The first-order valence-electron chi connectivity index (χ1n) is 15.6. The normalized spacial score (nSPS) is 24.5. The fraction of sp³-hybridized carbons (Fsp3) is 0.618. The van der Waals surface area contributed by atoms with Crippen molar-refractivity contribution in [1.29, 1.82) is 0 Å². The van der Waals surface area contributed by atoms with Crippen molar-refractivity contribution in [2.24, 2.45) is 17.0 Å². The zero-order chi connectivity index (χ0) is 27.9. The van der Waals surface area contributed by atoms with E-state index >= 15 is 0 Å². The van der Waals surface area contributed by atoms with E-state index in [0.29, 0.717) is 24.0 Å². The molecule has 2 aromatic rings. The summed E-state index contributed by atoms with van der Waals surface area (Å²) in [5.74, 6) is 1.21. The monoisotopic (exact) mass is 534 g/mol. The lowest BCUT2D eigenvalue weighted by Gasteiger charge is -2.37. The Morgan fingerprint density at radius 3 is 2.23 bits per heavy atom. The first kappa shape index (κ1) is 31.3. The molecule has 0 aromatic heterocycles. The van der Waals surface area contributed by atoms with Gasteiger partial charge in [0, 0.05) is 43.6 Å². The van der Waals surface area contributed by atoms with Crippen LogP contribution in [0, 0.1) is 11.8 Å². The van der Waals surface area contributed by atoms with Gasteiger partial charge in [-0.05, 0) is 63.2 Å². The van der Waals surface area contributed by atoms with Gasteiger partial charge in [-0.3, -0.25) is 4.90 Å². The number of unbranched alkanes of at least 4 members (excludes halogenated alkanes) is 2. The second-order valence-corrected chi connectivity index (χ2v) is 11.6. The van der Waals surface area contributed by atoms with Crippen molar-refractivity contribution in [2.75, 3.05) is 26.2 Å². The summed E-state index contributed by atoms with van der Waals surface area (Å²) in [6.45, 7) is 13.4. The quantitative estimate of drug-likeness (QED) is 0.205. The summed E-state index contributed by atoms with van der Waals surface area (Å²) in [5.41, 5.74) is 3.76. The van der Waals surface area contributed by atoms with Gasteiger partial charge in [0.2, 0.25) is 0 Å². The Morgan fingerprint density at radius 2 is 1.59 bits per heavy atom. The third-order valence-corrected chi connectivity index (χ3v) is 8.75. The molecule has 2 aromatic carbocycles. The minimum Gasteiger partial charge on any atom is -0.411 e. The van der Waals surface area contributed by atoms with Crippen LogP contribution in [0.2, 0.25) is 0 Å². The van der Waals surface area contributed by atoms with E-state index in [1.54, 1.807) is 0 Å². The first-order chi connectivity index (χ1) is 19.1. The lowest BCUT2D eigenvalue weighted by Crippen LogP contribution is -2.48. The summed E-state index contributed by atoms with van der Waals surface area (Å²) in [6.07, 6.45) is 9.69. The predicted octanol–water partition coefficient (Wildman–Crippen LogP) is 7.60. The van der Waals surface area contributed by atoms with Crippen LogP contribution in [0.15, 0.2) is 65.8 Å². The molecule has 0 spiro atoms. The maximum atomic E-state index is 9.17. The molecule has 2 fully saturated rings. The molecule has 5 heteroatoms. The van der Waals surface area contributed by atoms with Gasteiger partial charge in [-0.25, -0.2) is 0 Å². The highest BCUT2D eigenvalue weighted by Crippen LogP contribution is 2.28. The fourth-order valence-corrected chi connectivity index (χ4v) is 6.15. The number of hydrogen-bond acceptors (Lipinski definition) is 5. The molecule has 2 aliphatic rings. The van der Waals surface area contributed by atoms with Crippen LogP contribution in [-0.4, -0.2) is 48.0 Å². The number of likely N-dealkylation sites (tertiary alicyclic amines) is 1. The van der Waals surface area contributed by atoms with Gasteiger partial charge in [-0.15, -0.1) is 0 Å². The maximum absolute atomic E-state index is 9.17. The fourth-order valence-electron chi connectivity index (χ4n) is 6.15. The molecule has 5 atom stereocenters. The van der Waals surface area contributed by atoms with Crippen LogP contribution in [0.1, 0.15) is 102 Å². The van der Waals surface area contributed by atoms with E-state index in [1.807, 2.05) is 0 Å². The van der Waals surface area contributed by atoms with Gasteiger partial charge < -0.3 is 15.8 Å². The van der Waals surface area contributed by atoms with E-state index in [1.165, 1.54) is 56.2 Å². The van der Waals surface area contributed by atoms with E-state index in [-0.39, 0.29) is 0 Å². The Morgan fingerprint density at radius 1 is 0.949 bits per heavy atom. The molecule has 0 radical (unpaired) electrons. The van der Waals surface area contributed by atoms with Gasteiger partial charge in [0.15, 0.2) is 0 Å².